The molecule has 0 aliphatic rings. The van der Waals surface area contributed by atoms with Gasteiger partial charge in [0.1, 0.15) is 6.54 Å². The van der Waals surface area contributed by atoms with Crippen molar-refractivity contribution in [2.24, 2.45) is 0 Å². The van der Waals surface area contributed by atoms with Crippen molar-refractivity contribution >= 4 is 11.7 Å². The smallest absolute Gasteiger partial charge is 0.322 e. The number of anilines is 1. The Bertz CT molecular complexity index is 970. The van der Waals surface area contributed by atoms with E-state index in [4.69, 9.17) is 14.0 Å². The summed E-state index contributed by atoms with van der Waals surface area (Å²) in [6.07, 6.45) is 0. The number of carbonyl (C=O) groups excluding carboxylic acids is 1. The van der Waals surface area contributed by atoms with Crippen molar-refractivity contribution in [1.29, 1.82) is 0 Å². The summed E-state index contributed by atoms with van der Waals surface area (Å²) in [5.41, 5.74) is 2.52. The van der Waals surface area contributed by atoms with Crippen molar-refractivity contribution in [3.63, 3.8) is 0 Å². The number of nitrogens with zero attached hydrogens (tertiary/aromatic N) is 3. The fourth-order valence-electron chi connectivity index (χ4n) is 2.63. The van der Waals surface area contributed by atoms with E-state index in [-0.39, 0.29) is 12.6 Å². The highest BCUT2D eigenvalue weighted by atomic mass is 16.5. The molecular weight excluding hydrogens is 360 g/mol. The average Bonchev–Trinajstić information content (AvgIpc) is 3.15. The molecule has 0 radical (unpaired) electrons. The molecule has 2 aromatic carbocycles. The van der Waals surface area contributed by atoms with E-state index in [1.54, 1.807) is 33.4 Å². The Morgan fingerprint density at radius 2 is 1.93 bits per heavy atom. The number of hydrogen-bond acceptors (Lipinski definition) is 6. The lowest BCUT2D eigenvalue weighted by molar-refractivity contribution is 0.213. The lowest BCUT2D eigenvalue weighted by Gasteiger charge is -2.16. The van der Waals surface area contributed by atoms with Crippen LogP contribution in [-0.4, -0.2) is 42.3 Å². The molecule has 0 saturated carbocycles. The lowest BCUT2D eigenvalue weighted by atomic mass is 10.2. The van der Waals surface area contributed by atoms with Gasteiger partial charge >= 0.3 is 6.03 Å². The number of nitrogens with one attached hydrogen (secondary N) is 1. The van der Waals surface area contributed by atoms with Crippen molar-refractivity contribution < 1.29 is 18.8 Å². The van der Waals surface area contributed by atoms with Crippen molar-refractivity contribution in [1.82, 2.24) is 15.0 Å². The monoisotopic (exact) mass is 382 g/mol. The summed E-state index contributed by atoms with van der Waals surface area (Å²) >= 11 is 0. The van der Waals surface area contributed by atoms with Crippen LogP contribution >= 0.6 is 0 Å². The molecular formula is C20H22N4O4. The number of benzene rings is 2. The third-order valence-corrected chi connectivity index (χ3v) is 4.10. The predicted octanol–water partition coefficient (Wildman–Crippen LogP) is 3.73. The number of methoxy groups -OCH3 is 2. The van der Waals surface area contributed by atoms with Crippen LogP contribution in [0.15, 0.2) is 47.0 Å². The molecule has 2 amide bonds. The summed E-state index contributed by atoms with van der Waals surface area (Å²) in [5, 5.41) is 6.82. The largest absolute Gasteiger partial charge is 0.493 e. The molecule has 3 aromatic rings. The predicted molar refractivity (Wildman–Crippen MR) is 105 cm³/mol. The molecule has 3 rings (SSSR count). The summed E-state index contributed by atoms with van der Waals surface area (Å²) in [7, 11) is 4.79. The Morgan fingerprint density at radius 1 is 1.14 bits per heavy atom. The zero-order chi connectivity index (χ0) is 20.1. The van der Waals surface area contributed by atoms with Crippen LogP contribution in [0.25, 0.3) is 11.4 Å². The number of rotatable bonds is 6. The van der Waals surface area contributed by atoms with Crippen LogP contribution in [-0.2, 0) is 6.54 Å². The first-order valence-electron chi connectivity index (χ1n) is 8.64. The van der Waals surface area contributed by atoms with Crippen molar-refractivity contribution in [2.75, 3.05) is 26.6 Å². The first kappa shape index (κ1) is 19.2. The third kappa shape index (κ3) is 4.40. The van der Waals surface area contributed by atoms with Gasteiger partial charge < -0.3 is 24.2 Å². The van der Waals surface area contributed by atoms with Crippen LogP contribution in [0.3, 0.4) is 0 Å². The highest BCUT2D eigenvalue weighted by Crippen LogP contribution is 2.31. The van der Waals surface area contributed by atoms with E-state index in [9.17, 15) is 4.79 Å². The molecule has 0 unspecified atom stereocenters. The van der Waals surface area contributed by atoms with Crippen LogP contribution in [0.4, 0.5) is 10.5 Å². The van der Waals surface area contributed by atoms with E-state index in [2.05, 4.69) is 15.5 Å². The van der Waals surface area contributed by atoms with Gasteiger partial charge in [-0.2, -0.15) is 4.98 Å². The SMILES string of the molecule is COc1ccc(-c2noc(CN(C)C(=O)Nc3cccc(C)c3)n2)cc1OC. The number of carbonyl (C=O) groups is 1. The van der Waals surface area contributed by atoms with Gasteiger partial charge in [-0.25, -0.2) is 4.79 Å². The molecule has 1 N–H and O–H groups in total. The third-order valence-electron chi connectivity index (χ3n) is 4.10. The van der Waals surface area contributed by atoms with E-state index < -0.39 is 0 Å². The standard InChI is InChI=1S/C20H22N4O4/c1-13-6-5-7-15(10-13)21-20(25)24(2)12-18-22-19(23-28-18)14-8-9-16(26-3)17(11-14)27-4/h5-11H,12H2,1-4H3,(H,21,25). The summed E-state index contributed by atoms with van der Waals surface area (Å²) in [6.45, 7) is 2.14. The maximum Gasteiger partial charge on any atom is 0.322 e. The lowest BCUT2D eigenvalue weighted by Crippen LogP contribution is -2.30. The normalized spacial score (nSPS) is 10.4. The highest BCUT2D eigenvalue weighted by Gasteiger charge is 2.16. The number of ether oxygens (including phenoxy) is 2. The first-order chi connectivity index (χ1) is 13.5. The Balaban J connectivity index is 1.67. The quantitative estimate of drug-likeness (QED) is 0.699. The van der Waals surface area contributed by atoms with Gasteiger partial charge in [-0.05, 0) is 42.8 Å². The van der Waals surface area contributed by atoms with E-state index in [0.29, 0.717) is 23.2 Å². The highest BCUT2D eigenvalue weighted by molar-refractivity contribution is 5.89. The number of amides is 2. The molecule has 8 nitrogen and oxygen atoms in total. The van der Waals surface area contributed by atoms with Crippen molar-refractivity contribution in [2.45, 2.75) is 13.5 Å². The fourth-order valence-corrected chi connectivity index (χ4v) is 2.63. The van der Waals surface area contributed by atoms with Crippen LogP contribution < -0.4 is 14.8 Å². The van der Waals surface area contributed by atoms with E-state index in [1.807, 2.05) is 37.3 Å². The van der Waals surface area contributed by atoms with Crippen LogP contribution in [0.5, 0.6) is 11.5 Å². The molecule has 0 atom stereocenters. The molecule has 146 valence electrons. The minimum atomic E-state index is -0.267. The molecule has 0 fully saturated rings. The van der Waals surface area contributed by atoms with Gasteiger partial charge in [0, 0.05) is 18.3 Å². The second-order valence-corrected chi connectivity index (χ2v) is 6.24. The van der Waals surface area contributed by atoms with Gasteiger partial charge in [0.15, 0.2) is 11.5 Å². The van der Waals surface area contributed by atoms with Gasteiger partial charge in [-0.3, -0.25) is 0 Å². The number of aromatic nitrogens is 2. The maximum atomic E-state index is 12.4. The molecule has 1 aromatic heterocycles. The summed E-state index contributed by atoms with van der Waals surface area (Å²) < 4.78 is 15.8. The van der Waals surface area contributed by atoms with Gasteiger partial charge in [0.05, 0.1) is 14.2 Å². The van der Waals surface area contributed by atoms with Crippen molar-refractivity contribution in [3.8, 4) is 22.9 Å². The van der Waals surface area contributed by atoms with Gasteiger partial charge in [-0.15, -0.1) is 0 Å². The second kappa shape index (κ2) is 8.43. The van der Waals surface area contributed by atoms with Crippen LogP contribution in [0.2, 0.25) is 0 Å². The molecule has 0 bridgehead atoms. The Labute approximate surface area is 163 Å². The number of hydrogen-bond donors (Lipinski definition) is 1. The number of urea groups is 1. The molecule has 1 heterocycles. The first-order valence-corrected chi connectivity index (χ1v) is 8.64. The molecule has 0 spiro atoms. The Hall–Kier alpha value is -3.55. The zero-order valence-corrected chi connectivity index (χ0v) is 16.2. The zero-order valence-electron chi connectivity index (χ0n) is 16.2. The Morgan fingerprint density at radius 3 is 2.64 bits per heavy atom. The van der Waals surface area contributed by atoms with Crippen LogP contribution in [0.1, 0.15) is 11.5 Å². The van der Waals surface area contributed by atoms with E-state index in [1.165, 1.54) is 4.90 Å². The van der Waals surface area contributed by atoms with Crippen molar-refractivity contribution in [3.05, 3.63) is 53.9 Å². The summed E-state index contributed by atoms with van der Waals surface area (Å²) in [6, 6.07) is 12.7. The van der Waals surface area contributed by atoms with E-state index in [0.717, 1.165) is 16.8 Å². The van der Waals surface area contributed by atoms with Gasteiger partial charge in [0.25, 0.3) is 0 Å². The fraction of sp³-hybridized carbons (Fsp3) is 0.250. The summed E-state index contributed by atoms with van der Waals surface area (Å²) in [4.78, 5) is 18.2. The molecule has 28 heavy (non-hydrogen) atoms. The number of aryl methyl sites for hydroxylation is 1. The minimum Gasteiger partial charge on any atom is -0.493 e. The molecule has 0 aliphatic heterocycles. The maximum absolute atomic E-state index is 12.4. The van der Waals surface area contributed by atoms with Gasteiger partial charge in [0.2, 0.25) is 11.7 Å². The Kier molecular flexibility index (Phi) is 5.78. The second-order valence-electron chi connectivity index (χ2n) is 6.24. The molecule has 8 heteroatoms. The minimum absolute atomic E-state index is 0.179. The van der Waals surface area contributed by atoms with E-state index >= 15 is 0 Å². The average molecular weight is 382 g/mol. The molecule has 0 saturated heterocycles. The van der Waals surface area contributed by atoms with Gasteiger partial charge in [-0.1, -0.05) is 17.3 Å². The van der Waals surface area contributed by atoms with Crippen LogP contribution in [0, 0.1) is 6.92 Å². The summed E-state index contributed by atoms with van der Waals surface area (Å²) in [5.74, 6) is 1.92. The topological polar surface area (TPSA) is 89.7 Å². The molecule has 0 aliphatic carbocycles.